The number of nitrogens with one attached hydrogen (secondary N) is 2. The number of aromatic nitrogens is 2. The molecule has 0 aliphatic carbocycles. The summed E-state index contributed by atoms with van der Waals surface area (Å²) in [5.74, 6) is 0.717. The van der Waals surface area contributed by atoms with Gasteiger partial charge in [0.15, 0.2) is 0 Å². The molecule has 3 rings (SSSR count). The Hall–Kier alpha value is -3.08. The second kappa shape index (κ2) is 7.00. The molecule has 1 heterocycles. The molecule has 0 radical (unpaired) electrons. The summed E-state index contributed by atoms with van der Waals surface area (Å²) < 4.78 is 5.18. The third-order valence-electron chi connectivity index (χ3n) is 3.83. The Morgan fingerprint density at radius 3 is 2.50 bits per heavy atom. The standard InChI is InChI=1S/C19H19N3O2/c1-13-17(12-18(23)20-15-6-4-3-5-7-15)19(22-21-13)14-8-10-16(24-2)11-9-14/h3-11H,12H2,1-2H3,(H,20,23)(H,21,22). The SMILES string of the molecule is COc1ccc(-c2n[nH]c(C)c2CC(=O)Nc2ccccc2)cc1. The van der Waals surface area contributed by atoms with Gasteiger partial charge in [0.1, 0.15) is 5.75 Å². The van der Waals surface area contributed by atoms with Crippen LogP contribution in [0.4, 0.5) is 5.69 Å². The molecule has 2 N–H and O–H groups in total. The van der Waals surface area contributed by atoms with Gasteiger partial charge in [0.2, 0.25) is 5.91 Å². The first-order valence-corrected chi connectivity index (χ1v) is 7.70. The van der Waals surface area contributed by atoms with Gasteiger partial charge in [-0.3, -0.25) is 9.89 Å². The van der Waals surface area contributed by atoms with Gasteiger partial charge in [-0.2, -0.15) is 5.10 Å². The first-order chi connectivity index (χ1) is 11.7. The van der Waals surface area contributed by atoms with E-state index in [4.69, 9.17) is 4.74 Å². The Morgan fingerprint density at radius 1 is 1.12 bits per heavy atom. The van der Waals surface area contributed by atoms with Crippen molar-refractivity contribution in [3.63, 3.8) is 0 Å². The number of anilines is 1. The van der Waals surface area contributed by atoms with Gasteiger partial charge in [-0.05, 0) is 43.3 Å². The Bertz CT molecular complexity index is 824. The fourth-order valence-corrected chi connectivity index (χ4v) is 2.54. The zero-order valence-electron chi connectivity index (χ0n) is 13.7. The number of methoxy groups -OCH3 is 1. The first-order valence-electron chi connectivity index (χ1n) is 7.70. The number of aryl methyl sites for hydroxylation is 1. The zero-order valence-corrected chi connectivity index (χ0v) is 13.7. The molecule has 0 saturated heterocycles. The highest BCUT2D eigenvalue weighted by molar-refractivity contribution is 5.93. The van der Waals surface area contributed by atoms with E-state index in [0.29, 0.717) is 0 Å². The highest BCUT2D eigenvalue weighted by atomic mass is 16.5. The highest BCUT2D eigenvalue weighted by Gasteiger charge is 2.16. The van der Waals surface area contributed by atoms with E-state index in [2.05, 4.69) is 15.5 Å². The van der Waals surface area contributed by atoms with Crippen LogP contribution in [0.2, 0.25) is 0 Å². The van der Waals surface area contributed by atoms with E-state index in [1.807, 2.05) is 61.5 Å². The van der Waals surface area contributed by atoms with Crippen LogP contribution in [0.3, 0.4) is 0 Å². The van der Waals surface area contributed by atoms with E-state index in [9.17, 15) is 4.79 Å². The number of benzene rings is 2. The van der Waals surface area contributed by atoms with Crippen LogP contribution in [0, 0.1) is 6.92 Å². The smallest absolute Gasteiger partial charge is 0.228 e. The third-order valence-corrected chi connectivity index (χ3v) is 3.83. The zero-order chi connectivity index (χ0) is 16.9. The van der Waals surface area contributed by atoms with Gasteiger partial charge < -0.3 is 10.1 Å². The summed E-state index contributed by atoms with van der Waals surface area (Å²) in [7, 11) is 1.63. The normalized spacial score (nSPS) is 10.4. The van der Waals surface area contributed by atoms with Gasteiger partial charge in [-0.1, -0.05) is 18.2 Å². The molecule has 24 heavy (non-hydrogen) atoms. The molecule has 0 unspecified atom stereocenters. The van der Waals surface area contributed by atoms with Crippen molar-refractivity contribution in [1.29, 1.82) is 0 Å². The molecule has 1 amide bonds. The summed E-state index contributed by atoms with van der Waals surface area (Å²) in [4.78, 5) is 12.3. The lowest BCUT2D eigenvalue weighted by atomic mass is 10.0. The van der Waals surface area contributed by atoms with Crippen LogP contribution < -0.4 is 10.1 Å². The van der Waals surface area contributed by atoms with Crippen molar-refractivity contribution in [2.24, 2.45) is 0 Å². The maximum atomic E-state index is 12.3. The van der Waals surface area contributed by atoms with Crippen molar-refractivity contribution in [2.45, 2.75) is 13.3 Å². The molecule has 0 fully saturated rings. The Labute approximate surface area is 140 Å². The van der Waals surface area contributed by atoms with E-state index in [0.717, 1.165) is 34.0 Å². The van der Waals surface area contributed by atoms with Crippen LogP contribution in [0.25, 0.3) is 11.3 Å². The summed E-state index contributed by atoms with van der Waals surface area (Å²) in [5.41, 5.74) is 4.31. The quantitative estimate of drug-likeness (QED) is 0.755. The van der Waals surface area contributed by atoms with E-state index < -0.39 is 0 Å². The van der Waals surface area contributed by atoms with Crippen molar-refractivity contribution < 1.29 is 9.53 Å². The number of carbonyl (C=O) groups is 1. The van der Waals surface area contributed by atoms with E-state index in [-0.39, 0.29) is 12.3 Å². The van der Waals surface area contributed by atoms with Gasteiger partial charge in [0.05, 0.1) is 19.2 Å². The fraction of sp³-hybridized carbons (Fsp3) is 0.158. The van der Waals surface area contributed by atoms with Gasteiger partial charge in [-0.25, -0.2) is 0 Å². The first kappa shape index (κ1) is 15.8. The number of carbonyl (C=O) groups excluding carboxylic acids is 1. The third kappa shape index (κ3) is 3.46. The highest BCUT2D eigenvalue weighted by Crippen LogP contribution is 2.26. The molecule has 0 spiro atoms. The number of H-pyrrole nitrogens is 1. The van der Waals surface area contributed by atoms with Crippen LogP contribution >= 0.6 is 0 Å². The maximum absolute atomic E-state index is 12.3. The van der Waals surface area contributed by atoms with E-state index >= 15 is 0 Å². The van der Waals surface area contributed by atoms with Gasteiger partial charge in [-0.15, -0.1) is 0 Å². The van der Waals surface area contributed by atoms with Crippen molar-refractivity contribution in [3.8, 4) is 17.0 Å². The van der Waals surface area contributed by atoms with Gasteiger partial charge in [0.25, 0.3) is 0 Å². The van der Waals surface area contributed by atoms with Crippen LogP contribution in [0.15, 0.2) is 54.6 Å². The van der Waals surface area contributed by atoms with E-state index in [1.165, 1.54) is 0 Å². The fourth-order valence-electron chi connectivity index (χ4n) is 2.54. The predicted molar refractivity (Wildman–Crippen MR) is 94.1 cm³/mol. The minimum absolute atomic E-state index is 0.0690. The number of para-hydroxylation sites is 1. The summed E-state index contributed by atoms with van der Waals surface area (Å²) in [6.45, 7) is 1.92. The summed E-state index contributed by atoms with van der Waals surface area (Å²) in [6.07, 6.45) is 0.262. The lowest BCUT2D eigenvalue weighted by Crippen LogP contribution is -2.15. The number of aromatic amines is 1. The summed E-state index contributed by atoms with van der Waals surface area (Å²) in [5, 5.41) is 10.2. The summed E-state index contributed by atoms with van der Waals surface area (Å²) in [6, 6.07) is 17.1. The molecule has 1 aromatic heterocycles. The number of amides is 1. The lowest BCUT2D eigenvalue weighted by molar-refractivity contribution is -0.115. The van der Waals surface area contributed by atoms with Crippen LogP contribution in [0.1, 0.15) is 11.3 Å². The molecule has 0 aliphatic rings. The summed E-state index contributed by atoms with van der Waals surface area (Å²) >= 11 is 0. The second-order valence-corrected chi connectivity index (χ2v) is 5.50. The minimum Gasteiger partial charge on any atom is -0.497 e. The minimum atomic E-state index is -0.0690. The number of hydrogen-bond acceptors (Lipinski definition) is 3. The molecule has 0 bridgehead atoms. The molecule has 122 valence electrons. The number of rotatable bonds is 5. The molecular weight excluding hydrogens is 302 g/mol. The van der Waals surface area contributed by atoms with Crippen molar-refractivity contribution >= 4 is 11.6 Å². The Kier molecular flexibility index (Phi) is 4.61. The van der Waals surface area contributed by atoms with Crippen LogP contribution in [-0.2, 0) is 11.2 Å². The molecule has 2 aromatic carbocycles. The molecule has 5 nitrogen and oxygen atoms in total. The van der Waals surface area contributed by atoms with Crippen LogP contribution in [-0.4, -0.2) is 23.2 Å². The number of nitrogens with zero attached hydrogens (tertiary/aromatic N) is 1. The average molecular weight is 321 g/mol. The van der Waals surface area contributed by atoms with Crippen molar-refractivity contribution in [2.75, 3.05) is 12.4 Å². The van der Waals surface area contributed by atoms with Crippen LogP contribution in [0.5, 0.6) is 5.75 Å². The molecule has 0 saturated carbocycles. The molecule has 0 aliphatic heterocycles. The van der Waals surface area contributed by atoms with Crippen molar-refractivity contribution in [3.05, 3.63) is 65.9 Å². The lowest BCUT2D eigenvalue weighted by Gasteiger charge is -2.07. The molecule has 0 atom stereocenters. The largest absolute Gasteiger partial charge is 0.497 e. The van der Waals surface area contributed by atoms with Gasteiger partial charge in [0, 0.05) is 22.5 Å². The predicted octanol–water partition coefficient (Wildman–Crippen LogP) is 3.57. The maximum Gasteiger partial charge on any atom is 0.228 e. The molecular formula is C19H19N3O2. The monoisotopic (exact) mass is 321 g/mol. The number of ether oxygens (including phenoxy) is 1. The second-order valence-electron chi connectivity index (χ2n) is 5.50. The van der Waals surface area contributed by atoms with E-state index in [1.54, 1.807) is 7.11 Å². The molecule has 5 heteroatoms. The Morgan fingerprint density at radius 2 is 1.83 bits per heavy atom. The van der Waals surface area contributed by atoms with Crippen molar-refractivity contribution in [1.82, 2.24) is 10.2 Å². The number of hydrogen-bond donors (Lipinski definition) is 2. The topological polar surface area (TPSA) is 67.0 Å². The Balaban J connectivity index is 1.80. The van der Waals surface area contributed by atoms with Gasteiger partial charge >= 0.3 is 0 Å². The average Bonchev–Trinajstić information content (AvgIpc) is 2.96. The molecule has 3 aromatic rings.